The minimum absolute atomic E-state index is 0.0834. The van der Waals surface area contributed by atoms with E-state index in [9.17, 15) is 9.59 Å². The summed E-state index contributed by atoms with van der Waals surface area (Å²) in [6.45, 7) is 3.21. The summed E-state index contributed by atoms with van der Waals surface area (Å²) in [5.41, 5.74) is 0.773. The second-order valence-electron chi connectivity index (χ2n) is 7.73. The Morgan fingerprint density at radius 1 is 1.19 bits per heavy atom. The number of hydrogen-bond donors (Lipinski definition) is 1. The van der Waals surface area contributed by atoms with E-state index in [-0.39, 0.29) is 24.3 Å². The zero-order valence-corrected chi connectivity index (χ0v) is 19.2. The van der Waals surface area contributed by atoms with Crippen molar-refractivity contribution >= 4 is 23.2 Å². The quantitative estimate of drug-likeness (QED) is 0.570. The van der Waals surface area contributed by atoms with Gasteiger partial charge in [-0.25, -0.2) is 0 Å². The van der Waals surface area contributed by atoms with Gasteiger partial charge in [0.1, 0.15) is 11.8 Å². The SMILES string of the molecule is CCOc1ccc([C@@H](C(=O)NC2CCCC2)N(CCOC)C(=O)Cc2cccs2)cc1. The molecule has 1 aromatic heterocycles. The van der Waals surface area contributed by atoms with Crippen molar-refractivity contribution in [3.8, 4) is 5.75 Å². The number of hydrogen-bond acceptors (Lipinski definition) is 5. The zero-order valence-electron chi connectivity index (χ0n) is 18.3. The van der Waals surface area contributed by atoms with Crippen molar-refractivity contribution in [3.05, 3.63) is 52.2 Å². The number of rotatable bonds is 11. The van der Waals surface area contributed by atoms with Crippen LogP contribution in [-0.2, 0) is 20.7 Å². The zero-order chi connectivity index (χ0) is 22.1. The summed E-state index contributed by atoms with van der Waals surface area (Å²) in [6, 6.07) is 10.8. The number of carbonyl (C=O) groups is 2. The van der Waals surface area contributed by atoms with E-state index in [1.54, 1.807) is 23.3 Å². The molecule has 0 unspecified atom stereocenters. The molecular formula is C24H32N2O4S. The Balaban J connectivity index is 1.88. The Morgan fingerprint density at radius 3 is 2.55 bits per heavy atom. The highest BCUT2D eigenvalue weighted by Gasteiger charge is 2.33. The van der Waals surface area contributed by atoms with Crippen molar-refractivity contribution < 1.29 is 19.1 Å². The predicted octanol–water partition coefficient (Wildman–Crippen LogP) is 3.96. The lowest BCUT2D eigenvalue weighted by Crippen LogP contribution is -2.47. The molecule has 1 aliphatic rings. The van der Waals surface area contributed by atoms with Crippen molar-refractivity contribution in [2.75, 3.05) is 26.9 Å². The van der Waals surface area contributed by atoms with Crippen LogP contribution < -0.4 is 10.1 Å². The first-order chi connectivity index (χ1) is 15.1. The van der Waals surface area contributed by atoms with Crippen LogP contribution in [0, 0.1) is 0 Å². The number of amides is 2. The summed E-state index contributed by atoms with van der Waals surface area (Å²) in [7, 11) is 1.60. The molecule has 6 nitrogen and oxygen atoms in total. The highest BCUT2D eigenvalue weighted by Crippen LogP contribution is 2.27. The average molecular weight is 445 g/mol. The molecule has 168 valence electrons. The second kappa shape index (κ2) is 11.9. The monoisotopic (exact) mass is 444 g/mol. The minimum atomic E-state index is -0.709. The molecule has 0 radical (unpaired) electrons. The third kappa shape index (κ3) is 6.55. The van der Waals surface area contributed by atoms with Crippen LogP contribution in [0.15, 0.2) is 41.8 Å². The first kappa shape index (κ1) is 23.3. The molecule has 1 aromatic carbocycles. The van der Waals surface area contributed by atoms with Crippen LogP contribution in [0.1, 0.15) is 49.1 Å². The Hall–Kier alpha value is -2.38. The Kier molecular flexibility index (Phi) is 8.91. The third-order valence-corrected chi connectivity index (χ3v) is 6.41. The van der Waals surface area contributed by atoms with Gasteiger partial charge in [0.05, 0.1) is 19.6 Å². The second-order valence-corrected chi connectivity index (χ2v) is 8.76. The van der Waals surface area contributed by atoms with E-state index >= 15 is 0 Å². The summed E-state index contributed by atoms with van der Waals surface area (Å²) in [5.74, 6) is 0.529. The Labute approximate surface area is 188 Å². The lowest BCUT2D eigenvalue weighted by molar-refractivity contribution is -0.141. The van der Waals surface area contributed by atoms with Crippen LogP contribution in [0.5, 0.6) is 5.75 Å². The molecule has 1 heterocycles. The third-order valence-electron chi connectivity index (χ3n) is 5.53. The van der Waals surface area contributed by atoms with Crippen molar-refractivity contribution in [2.45, 2.75) is 51.1 Å². The van der Waals surface area contributed by atoms with Gasteiger partial charge in [-0.05, 0) is 48.9 Å². The number of ether oxygens (including phenoxy) is 2. The fourth-order valence-corrected chi connectivity index (χ4v) is 4.68. The van der Waals surface area contributed by atoms with E-state index in [2.05, 4.69) is 5.32 Å². The van der Waals surface area contributed by atoms with Crippen LogP contribution >= 0.6 is 11.3 Å². The van der Waals surface area contributed by atoms with E-state index in [4.69, 9.17) is 9.47 Å². The number of nitrogens with one attached hydrogen (secondary N) is 1. The summed E-state index contributed by atoms with van der Waals surface area (Å²) in [6.07, 6.45) is 4.50. The van der Waals surface area contributed by atoms with Crippen LogP contribution in [0.3, 0.4) is 0 Å². The molecular weight excluding hydrogens is 412 g/mol. The van der Waals surface area contributed by atoms with Gasteiger partial charge in [-0.2, -0.15) is 0 Å². The van der Waals surface area contributed by atoms with Crippen molar-refractivity contribution in [1.82, 2.24) is 10.2 Å². The lowest BCUT2D eigenvalue weighted by atomic mass is 10.0. The van der Waals surface area contributed by atoms with Crippen LogP contribution in [0.4, 0.5) is 0 Å². The molecule has 1 aliphatic carbocycles. The normalized spacial score (nSPS) is 14.9. The highest BCUT2D eigenvalue weighted by molar-refractivity contribution is 7.10. The van der Waals surface area contributed by atoms with Crippen LogP contribution in [0.25, 0.3) is 0 Å². The maximum absolute atomic E-state index is 13.4. The van der Waals surface area contributed by atoms with Crippen molar-refractivity contribution in [1.29, 1.82) is 0 Å². The fourth-order valence-electron chi connectivity index (χ4n) is 3.99. The van der Waals surface area contributed by atoms with Crippen molar-refractivity contribution in [3.63, 3.8) is 0 Å². The van der Waals surface area contributed by atoms with Gasteiger partial charge >= 0.3 is 0 Å². The van der Waals surface area contributed by atoms with Gasteiger partial charge < -0.3 is 19.7 Å². The molecule has 31 heavy (non-hydrogen) atoms. The smallest absolute Gasteiger partial charge is 0.247 e. The summed E-state index contributed by atoms with van der Waals surface area (Å²) >= 11 is 1.55. The van der Waals surface area contributed by atoms with Gasteiger partial charge in [0, 0.05) is 24.6 Å². The molecule has 2 aromatic rings. The summed E-state index contributed by atoms with van der Waals surface area (Å²) < 4.78 is 10.8. The largest absolute Gasteiger partial charge is 0.494 e. The Morgan fingerprint density at radius 2 is 1.94 bits per heavy atom. The first-order valence-corrected chi connectivity index (χ1v) is 11.8. The van der Waals surface area contributed by atoms with E-state index in [0.29, 0.717) is 19.8 Å². The molecule has 1 saturated carbocycles. The topological polar surface area (TPSA) is 67.9 Å². The molecule has 3 rings (SSSR count). The molecule has 0 aliphatic heterocycles. The molecule has 2 amide bonds. The maximum Gasteiger partial charge on any atom is 0.247 e. The molecule has 0 spiro atoms. The number of carbonyl (C=O) groups excluding carboxylic acids is 2. The average Bonchev–Trinajstić information content (AvgIpc) is 3.46. The molecule has 0 saturated heterocycles. The molecule has 7 heteroatoms. The number of benzene rings is 1. The molecule has 1 atom stereocenters. The van der Waals surface area contributed by atoms with E-state index in [1.165, 1.54) is 0 Å². The number of nitrogens with zero attached hydrogens (tertiary/aromatic N) is 1. The number of thiophene rings is 1. The van der Waals surface area contributed by atoms with Gasteiger partial charge in [-0.15, -0.1) is 11.3 Å². The molecule has 0 bridgehead atoms. The standard InChI is InChI=1S/C24H32N2O4S/c1-3-30-20-12-10-18(11-13-20)23(24(28)25-19-7-4-5-8-19)26(14-15-29-2)22(27)17-21-9-6-16-31-21/h6,9-13,16,19,23H,3-5,7-8,14-15,17H2,1-2H3,(H,25,28)/t23-/m0/s1. The van der Waals surface area contributed by atoms with Gasteiger partial charge in [0.15, 0.2) is 0 Å². The van der Waals surface area contributed by atoms with Gasteiger partial charge in [0.2, 0.25) is 11.8 Å². The minimum Gasteiger partial charge on any atom is -0.494 e. The lowest BCUT2D eigenvalue weighted by Gasteiger charge is -2.32. The van der Waals surface area contributed by atoms with E-state index < -0.39 is 6.04 Å². The summed E-state index contributed by atoms with van der Waals surface area (Å²) in [5, 5.41) is 5.14. The molecule has 1 N–H and O–H groups in total. The predicted molar refractivity (Wildman–Crippen MR) is 122 cm³/mol. The van der Waals surface area contributed by atoms with Crippen LogP contribution in [-0.4, -0.2) is 49.6 Å². The van der Waals surface area contributed by atoms with Crippen molar-refractivity contribution in [2.24, 2.45) is 0 Å². The fraction of sp³-hybridized carbons (Fsp3) is 0.500. The number of methoxy groups -OCH3 is 1. The highest BCUT2D eigenvalue weighted by atomic mass is 32.1. The first-order valence-electron chi connectivity index (χ1n) is 11.0. The Bertz CT molecular complexity index is 817. The van der Waals surface area contributed by atoms with Crippen LogP contribution in [0.2, 0.25) is 0 Å². The van der Waals surface area contributed by atoms with E-state index in [1.807, 2.05) is 48.7 Å². The van der Waals surface area contributed by atoms with E-state index in [0.717, 1.165) is 41.9 Å². The summed E-state index contributed by atoms with van der Waals surface area (Å²) in [4.78, 5) is 29.4. The van der Waals surface area contributed by atoms with Gasteiger partial charge in [0.25, 0.3) is 0 Å². The molecule has 1 fully saturated rings. The van der Waals surface area contributed by atoms with Gasteiger partial charge in [-0.3, -0.25) is 9.59 Å². The van der Waals surface area contributed by atoms with Gasteiger partial charge in [-0.1, -0.05) is 31.0 Å². The maximum atomic E-state index is 13.4.